The minimum atomic E-state index is -3.69. The molecule has 1 aromatic rings. The van der Waals surface area contributed by atoms with E-state index in [4.69, 9.17) is 25.4 Å². The van der Waals surface area contributed by atoms with Crippen LogP contribution >= 0.6 is 19.2 Å². The Morgan fingerprint density at radius 2 is 1.81 bits per heavy atom. The van der Waals surface area contributed by atoms with Gasteiger partial charge in [-0.2, -0.15) is 0 Å². The highest BCUT2D eigenvalue weighted by Gasteiger charge is 2.43. The first-order valence-electron chi connectivity index (χ1n) is 6.79. The fraction of sp³-hybridized carbons (Fsp3) is 0.500. The number of carbonyl (C=O) groups excluding carboxylic acids is 1. The Morgan fingerprint density at radius 1 is 1.19 bits per heavy atom. The second-order valence-electron chi connectivity index (χ2n) is 4.08. The van der Waals surface area contributed by atoms with E-state index >= 15 is 0 Å². The largest absolute Gasteiger partial charge is 0.465 e. The molecule has 0 fully saturated rings. The molecular weight excluding hydrogens is 315 g/mol. The van der Waals surface area contributed by atoms with Crippen molar-refractivity contribution in [1.29, 1.82) is 0 Å². The van der Waals surface area contributed by atoms with Gasteiger partial charge in [-0.3, -0.25) is 9.36 Å². The fourth-order valence-corrected chi connectivity index (χ4v) is 4.04. The standard InChI is InChI=1S/C14H20ClO5P/c1-4-18-14(16)13(11-8-7-9-12(15)10-11)21(17,19-5-2)20-6-3/h7-10,13H,4-6H2,1-3H3/t13-/m1/s1. The molecule has 0 heterocycles. The first kappa shape index (κ1) is 18.2. The highest BCUT2D eigenvalue weighted by molar-refractivity contribution is 7.55. The normalized spacial score (nSPS) is 13.0. The van der Waals surface area contributed by atoms with Crippen LogP contribution in [0.3, 0.4) is 0 Å². The van der Waals surface area contributed by atoms with Gasteiger partial charge in [0, 0.05) is 5.02 Å². The van der Waals surface area contributed by atoms with Crippen molar-refractivity contribution >= 4 is 25.2 Å². The maximum absolute atomic E-state index is 13.0. The van der Waals surface area contributed by atoms with Crippen molar-refractivity contribution in [3.63, 3.8) is 0 Å². The Kier molecular flexibility index (Phi) is 7.40. The van der Waals surface area contributed by atoms with Gasteiger partial charge in [0.25, 0.3) is 0 Å². The number of rotatable bonds is 8. The Balaban J connectivity index is 3.29. The number of halogens is 1. The van der Waals surface area contributed by atoms with E-state index in [0.717, 1.165) is 0 Å². The van der Waals surface area contributed by atoms with E-state index in [-0.39, 0.29) is 19.8 Å². The molecule has 7 heteroatoms. The smallest absolute Gasteiger partial charge is 0.349 e. The molecule has 0 radical (unpaired) electrons. The van der Waals surface area contributed by atoms with Crippen LogP contribution in [-0.4, -0.2) is 25.8 Å². The van der Waals surface area contributed by atoms with Crippen LogP contribution in [0.4, 0.5) is 0 Å². The summed E-state index contributed by atoms with van der Waals surface area (Å²) < 4.78 is 28.5. The van der Waals surface area contributed by atoms with Crippen LogP contribution in [0.25, 0.3) is 0 Å². The van der Waals surface area contributed by atoms with Crippen molar-refractivity contribution in [2.24, 2.45) is 0 Å². The van der Waals surface area contributed by atoms with E-state index in [9.17, 15) is 9.36 Å². The lowest BCUT2D eigenvalue weighted by atomic mass is 10.1. The van der Waals surface area contributed by atoms with Crippen molar-refractivity contribution in [1.82, 2.24) is 0 Å². The van der Waals surface area contributed by atoms with E-state index < -0.39 is 19.2 Å². The average molecular weight is 335 g/mol. The molecule has 21 heavy (non-hydrogen) atoms. The first-order valence-corrected chi connectivity index (χ1v) is 8.78. The van der Waals surface area contributed by atoms with E-state index in [1.165, 1.54) is 0 Å². The van der Waals surface area contributed by atoms with Crippen molar-refractivity contribution < 1.29 is 23.1 Å². The predicted molar refractivity (Wildman–Crippen MR) is 81.7 cm³/mol. The van der Waals surface area contributed by atoms with E-state index in [0.29, 0.717) is 10.6 Å². The van der Waals surface area contributed by atoms with Crippen LogP contribution in [0.5, 0.6) is 0 Å². The van der Waals surface area contributed by atoms with Gasteiger partial charge < -0.3 is 13.8 Å². The molecule has 0 N–H and O–H groups in total. The number of hydrogen-bond acceptors (Lipinski definition) is 5. The lowest BCUT2D eigenvalue weighted by Crippen LogP contribution is -2.19. The minimum absolute atomic E-state index is 0.160. The van der Waals surface area contributed by atoms with Gasteiger partial charge in [-0.1, -0.05) is 23.7 Å². The molecule has 1 atom stereocenters. The van der Waals surface area contributed by atoms with E-state index in [1.54, 1.807) is 45.0 Å². The van der Waals surface area contributed by atoms with Gasteiger partial charge in [0.05, 0.1) is 19.8 Å². The number of carbonyl (C=O) groups is 1. The van der Waals surface area contributed by atoms with Gasteiger partial charge in [0.1, 0.15) is 0 Å². The number of hydrogen-bond donors (Lipinski definition) is 0. The third-order valence-corrected chi connectivity index (χ3v) is 5.22. The third-order valence-electron chi connectivity index (χ3n) is 2.61. The molecule has 5 nitrogen and oxygen atoms in total. The van der Waals surface area contributed by atoms with Crippen LogP contribution in [0.2, 0.25) is 5.02 Å². The number of esters is 1. The summed E-state index contributed by atoms with van der Waals surface area (Å²) in [6, 6.07) is 6.55. The van der Waals surface area contributed by atoms with Gasteiger partial charge in [0.15, 0.2) is 5.66 Å². The molecule has 0 aliphatic carbocycles. The predicted octanol–water partition coefficient (Wildman–Crippen LogP) is 4.21. The zero-order valence-electron chi connectivity index (χ0n) is 12.4. The molecule has 0 bridgehead atoms. The summed E-state index contributed by atoms with van der Waals surface area (Å²) in [5.74, 6) is -0.648. The Morgan fingerprint density at radius 3 is 2.29 bits per heavy atom. The summed E-state index contributed by atoms with van der Waals surface area (Å²) in [6.07, 6.45) is 0. The molecule has 0 saturated carbocycles. The Hall–Kier alpha value is -0.870. The average Bonchev–Trinajstić information content (AvgIpc) is 2.39. The zero-order chi connectivity index (χ0) is 15.9. The van der Waals surface area contributed by atoms with Crippen molar-refractivity contribution in [3.05, 3.63) is 34.9 Å². The molecular formula is C14H20ClO5P. The summed E-state index contributed by atoms with van der Waals surface area (Å²) in [4.78, 5) is 12.3. The molecule has 0 saturated heterocycles. The summed E-state index contributed by atoms with van der Waals surface area (Å²) in [5.41, 5.74) is -0.692. The fourth-order valence-electron chi connectivity index (χ4n) is 1.89. The van der Waals surface area contributed by atoms with Gasteiger partial charge in [-0.25, -0.2) is 0 Å². The van der Waals surface area contributed by atoms with Crippen LogP contribution < -0.4 is 0 Å². The Labute approximate surface area is 130 Å². The molecule has 118 valence electrons. The van der Waals surface area contributed by atoms with Crippen molar-refractivity contribution in [3.8, 4) is 0 Å². The summed E-state index contributed by atoms with van der Waals surface area (Å²) in [7, 11) is -3.69. The van der Waals surface area contributed by atoms with E-state index in [2.05, 4.69) is 0 Å². The van der Waals surface area contributed by atoms with E-state index in [1.807, 2.05) is 0 Å². The van der Waals surface area contributed by atoms with Gasteiger partial charge in [-0.05, 0) is 38.5 Å². The van der Waals surface area contributed by atoms with Crippen LogP contribution in [0.1, 0.15) is 32.0 Å². The highest BCUT2D eigenvalue weighted by atomic mass is 35.5. The molecule has 0 amide bonds. The highest BCUT2D eigenvalue weighted by Crippen LogP contribution is 2.61. The van der Waals surface area contributed by atoms with Gasteiger partial charge >= 0.3 is 13.6 Å². The summed E-state index contributed by atoms with van der Waals surface area (Å²) in [6.45, 7) is 5.55. The molecule has 1 rings (SSSR count). The van der Waals surface area contributed by atoms with Gasteiger partial charge in [-0.15, -0.1) is 0 Å². The second-order valence-corrected chi connectivity index (χ2v) is 6.63. The van der Waals surface area contributed by atoms with Crippen molar-refractivity contribution in [2.45, 2.75) is 26.4 Å². The lowest BCUT2D eigenvalue weighted by molar-refractivity contribution is -0.143. The van der Waals surface area contributed by atoms with Crippen LogP contribution in [-0.2, 0) is 23.1 Å². The topological polar surface area (TPSA) is 61.8 Å². The summed E-state index contributed by atoms with van der Waals surface area (Å²) in [5, 5.41) is 0.432. The van der Waals surface area contributed by atoms with Crippen LogP contribution in [0.15, 0.2) is 24.3 Å². The van der Waals surface area contributed by atoms with Crippen LogP contribution in [0, 0.1) is 0 Å². The molecule has 0 spiro atoms. The summed E-state index contributed by atoms with van der Waals surface area (Å²) >= 11 is 5.95. The number of benzene rings is 1. The molecule has 0 aliphatic heterocycles. The molecule has 0 unspecified atom stereocenters. The second kappa shape index (κ2) is 8.54. The molecule has 0 aliphatic rings. The quantitative estimate of drug-likeness (QED) is 0.526. The molecule has 0 aromatic heterocycles. The monoisotopic (exact) mass is 334 g/mol. The maximum Gasteiger partial charge on any atom is 0.349 e. The maximum atomic E-state index is 13.0. The SMILES string of the molecule is CCOC(=O)[C@@H](c1cccc(Cl)c1)P(=O)(OCC)OCC. The zero-order valence-corrected chi connectivity index (χ0v) is 14.0. The Bertz CT molecular complexity index is 510. The van der Waals surface area contributed by atoms with Gasteiger partial charge in [0.2, 0.25) is 0 Å². The lowest BCUT2D eigenvalue weighted by Gasteiger charge is -2.25. The number of ether oxygens (including phenoxy) is 1. The minimum Gasteiger partial charge on any atom is -0.465 e. The molecule has 1 aromatic carbocycles. The van der Waals surface area contributed by atoms with Crippen molar-refractivity contribution in [2.75, 3.05) is 19.8 Å². The third kappa shape index (κ3) is 4.82. The first-order chi connectivity index (χ1) is 9.98.